The zero-order chi connectivity index (χ0) is 15.5. The molecule has 2 fully saturated rings. The fourth-order valence-electron chi connectivity index (χ4n) is 2.79. The van der Waals surface area contributed by atoms with Gasteiger partial charge in [-0.3, -0.25) is 9.59 Å². The molecule has 5 nitrogen and oxygen atoms in total. The number of anilines is 1. The van der Waals surface area contributed by atoms with Gasteiger partial charge in [0.05, 0.1) is 0 Å². The summed E-state index contributed by atoms with van der Waals surface area (Å²) in [6, 6.07) is 7.11. The second-order valence-corrected chi connectivity index (χ2v) is 6.26. The quantitative estimate of drug-likeness (QED) is 0.892. The van der Waals surface area contributed by atoms with Crippen molar-refractivity contribution in [2.75, 3.05) is 25.0 Å². The Labute approximate surface area is 130 Å². The molecule has 22 heavy (non-hydrogen) atoms. The van der Waals surface area contributed by atoms with E-state index in [2.05, 4.69) is 5.32 Å². The van der Waals surface area contributed by atoms with Gasteiger partial charge < -0.3 is 15.3 Å². The number of amides is 2. The highest BCUT2D eigenvalue weighted by Crippen LogP contribution is 2.30. The molecule has 5 heteroatoms. The number of piperidine rings is 1. The summed E-state index contributed by atoms with van der Waals surface area (Å²) < 4.78 is 0. The van der Waals surface area contributed by atoms with Gasteiger partial charge in [0.15, 0.2) is 0 Å². The van der Waals surface area contributed by atoms with E-state index >= 15 is 0 Å². The molecule has 1 aliphatic heterocycles. The molecule has 0 atom stereocenters. The minimum atomic E-state index is 0.0245. The number of rotatable bonds is 4. The molecule has 0 aromatic heterocycles. The van der Waals surface area contributed by atoms with E-state index in [1.807, 2.05) is 4.90 Å². The van der Waals surface area contributed by atoms with Gasteiger partial charge in [-0.05, 0) is 55.9 Å². The first-order valence-corrected chi connectivity index (χ1v) is 7.98. The zero-order valence-electron chi connectivity index (χ0n) is 12.6. The van der Waals surface area contributed by atoms with Crippen LogP contribution in [0.4, 0.5) is 5.69 Å². The number of hydrogen-bond acceptors (Lipinski definition) is 3. The molecule has 2 N–H and O–H groups in total. The van der Waals surface area contributed by atoms with Gasteiger partial charge in [0.25, 0.3) is 5.91 Å². The third-order valence-electron chi connectivity index (χ3n) is 4.51. The van der Waals surface area contributed by atoms with Gasteiger partial charge in [-0.15, -0.1) is 0 Å². The number of carbonyl (C=O) groups is 2. The summed E-state index contributed by atoms with van der Waals surface area (Å²) in [5, 5.41) is 12.0. The molecule has 3 rings (SSSR count). The molecule has 0 bridgehead atoms. The minimum Gasteiger partial charge on any atom is -0.396 e. The number of nitrogens with one attached hydrogen (secondary N) is 1. The molecule has 0 spiro atoms. The monoisotopic (exact) mass is 302 g/mol. The van der Waals surface area contributed by atoms with Gasteiger partial charge in [0.2, 0.25) is 5.91 Å². The van der Waals surface area contributed by atoms with E-state index in [9.17, 15) is 9.59 Å². The van der Waals surface area contributed by atoms with Crippen LogP contribution in [0.25, 0.3) is 0 Å². The van der Waals surface area contributed by atoms with Crippen molar-refractivity contribution in [3.8, 4) is 0 Å². The van der Waals surface area contributed by atoms with Gasteiger partial charge in [-0.2, -0.15) is 0 Å². The van der Waals surface area contributed by atoms with E-state index < -0.39 is 0 Å². The van der Waals surface area contributed by atoms with Crippen molar-refractivity contribution < 1.29 is 14.7 Å². The van der Waals surface area contributed by atoms with Crippen molar-refractivity contribution in [3.05, 3.63) is 29.8 Å². The molecule has 1 saturated heterocycles. The Morgan fingerprint density at radius 1 is 1.09 bits per heavy atom. The third kappa shape index (κ3) is 3.47. The van der Waals surface area contributed by atoms with Crippen molar-refractivity contribution >= 4 is 17.5 Å². The number of carbonyl (C=O) groups excluding carboxylic acids is 2. The lowest BCUT2D eigenvalue weighted by molar-refractivity contribution is -0.117. The van der Waals surface area contributed by atoms with Crippen LogP contribution >= 0.6 is 0 Å². The summed E-state index contributed by atoms with van der Waals surface area (Å²) in [4.78, 5) is 26.0. The molecule has 2 amide bonds. The largest absolute Gasteiger partial charge is 0.396 e. The fourth-order valence-corrected chi connectivity index (χ4v) is 2.79. The first-order chi connectivity index (χ1) is 10.7. The highest BCUT2D eigenvalue weighted by atomic mass is 16.3. The Bertz CT molecular complexity index is 544. The average molecular weight is 302 g/mol. The summed E-state index contributed by atoms with van der Waals surface area (Å²) in [6.45, 7) is 1.60. The molecular formula is C17H22N2O3. The lowest BCUT2D eigenvalue weighted by atomic mass is 9.97. The van der Waals surface area contributed by atoms with E-state index in [-0.39, 0.29) is 24.3 Å². The number of benzene rings is 1. The Hall–Kier alpha value is -1.88. The Morgan fingerprint density at radius 2 is 1.73 bits per heavy atom. The lowest BCUT2D eigenvalue weighted by Crippen LogP contribution is -2.39. The standard InChI is InChI=1S/C17H22N2O3/c20-11-12-7-9-19(10-8-12)17(22)14-3-5-15(6-4-14)18-16(21)13-1-2-13/h3-6,12-13,20H,1-2,7-11H2,(H,18,21). The van der Waals surface area contributed by atoms with Crippen LogP contribution in [-0.4, -0.2) is 41.5 Å². The average Bonchev–Trinajstić information content (AvgIpc) is 3.40. The van der Waals surface area contributed by atoms with E-state index in [1.165, 1.54) is 0 Å². The molecular weight excluding hydrogens is 280 g/mol. The van der Waals surface area contributed by atoms with Crippen LogP contribution in [0.15, 0.2) is 24.3 Å². The van der Waals surface area contributed by atoms with Crippen LogP contribution in [0.3, 0.4) is 0 Å². The van der Waals surface area contributed by atoms with Gasteiger partial charge in [-0.1, -0.05) is 0 Å². The van der Waals surface area contributed by atoms with Crippen molar-refractivity contribution in [2.24, 2.45) is 11.8 Å². The van der Waals surface area contributed by atoms with Crippen LogP contribution < -0.4 is 5.32 Å². The molecule has 0 unspecified atom stereocenters. The Morgan fingerprint density at radius 3 is 2.27 bits per heavy atom. The molecule has 1 heterocycles. The highest BCUT2D eigenvalue weighted by molar-refractivity contribution is 5.96. The summed E-state index contributed by atoms with van der Waals surface area (Å²) in [5.74, 6) is 0.597. The normalized spacial score (nSPS) is 19.0. The third-order valence-corrected chi connectivity index (χ3v) is 4.51. The van der Waals surface area contributed by atoms with E-state index in [0.717, 1.165) is 31.4 Å². The maximum atomic E-state index is 12.4. The summed E-state index contributed by atoms with van der Waals surface area (Å²) in [7, 11) is 0. The van der Waals surface area contributed by atoms with Gasteiger partial charge in [-0.25, -0.2) is 0 Å². The summed E-state index contributed by atoms with van der Waals surface area (Å²) >= 11 is 0. The molecule has 2 aliphatic rings. The lowest BCUT2D eigenvalue weighted by Gasteiger charge is -2.31. The topological polar surface area (TPSA) is 69.6 Å². The number of aliphatic hydroxyl groups is 1. The fraction of sp³-hybridized carbons (Fsp3) is 0.529. The van der Waals surface area contributed by atoms with Gasteiger partial charge in [0.1, 0.15) is 0 Å². The number of nitrogens with zero attached hydrogens (tertiary/aromatic N) is 1. The second kappa shape index (κ2) is 6.48. The van der Waals surface area contributed by atoms with Gasteiger partial charge in [0, 0.05) is 36.9 Å². The summed E-state index contributed by atoms with van der Waals surface area (Å²) in [6.07, 6.45) is 3.67. The maximum absolute atomic E-state index is 12.4. The molecule has 118 valence electrons. The van der Waals surface area contributed by atoms with Crippen molar-refractivity contribution in [3.63, 3.8) is 0 Å². The molecule has 1 aromatic rings. The number of hydrogen-bond donors (Lipinski definition) is 2. The minimum absolute atomic E-state index is 0.0245. The van der Waals surface area contributed by atoms with E-state index in [1.54, 1.807) is 24.3 Å². The van der Waals surface area contributed by atoms with Crippen LogP contribution in [0.1, 0.15) is 36.0 Å². The molecule has 0 radical (unpaired) electrons. The smallest absolute Gasteiger partial charge is 0.253 e. The Balaban J connectivity index is 1.57. The molecule has 1 aromatic carbocycles. The summed E-state index contributed by atoms with van der Waals surface area (Å²) in [5.41, 5.74) is 1.39. The predicted molar refractivity (Wildman–Crippen MR) is 83.5 cm³/mol. The Kier molecular flexibility index (Phi) is 4.43. The van der Waals surface area contributed by atoms with Gasteiger partial charge >= 0.3 is 0 Å². The van der Waals surface area contributed by atoms with Crippen molar-refractivity contribution in [1.82, 2.24) is 4.90 Å². The SMILES string of the molecule is O=C(Nc1ccc(C(=O)N2CCC(CO)CC2)cc1)C1CC1. The van der Waals surface area contributed by atoms with Crippen LogP contribution in [0, 0.1) is 11.8 Å². The number of likely N-dealkylation sites (tertiary alicyclic amines) is 1. The molecule has 1 saturated carbocycles. The zero-order valence-corrected chi connectivity index (χ0v) is 12.6. The van der Waals surface area contributed by atoms with Crippen molar-refractivity contribution in [2.45, 2.75) is 25.7 Å². The first kappa shape index (κ1) is 15.0. The maximum Gasteiger partial charge on any atom is 0.253 e. The van der Waals surface area contributed by atoms with Crippen LogP contribution in [-0.2, 0) is 4.79 Å². The van der Waals surface area contributed by atoms with E-state index in [4.69, 9.17) is 5.11 Å². The van der Waals surface area contributed by atoms with E-state index in [0.29, 0.717) is 24.6 Å². The second-order valence-electron chi connectivity index (χ2n) is 6.26. The molecule has 1 aliphatic carbocycles. The first-order valence-electron chi connectivity index (χ1n) is 7.98. The van der Waals surface area contributed by atoms with Crippen molar-refractivity contribution in [1.29, 1.82) is 0 Å². The van der Waals surface area contributed by atoms with Crippen LogP contribution in [0.5, 0.6) is 0 Å². The van der Waals surface area contributed by atoms with Crippen LogP contribution in [0.2, 0.25) is 0 Å². The number of aliphatic hydroxyl groups excluding tert-OH is 1. The predicted octanol–water partition coefficient (Wildman–Crippen LogP) is 1.88. The highest BCUT2D eigenvalue weighted by Gasteiger charge is 2.29.